The van der Waals surface area contributed by atoms with Gasteiger partial charge >= 0.3 is 0 Å². The second kappa shape index (κ2) is 6.91. The van der Waals surface area contributed by atoms with E-state index in [2.05, 4.69) is 54.4 Å². The van der Waals surface area contributed by atoms with Crippen LogP contribution in [-0.2, 0) is 0 Å². The minimum atomic E-state index is 0.607. The Morgan fingerprint density at radius 1 is 1.22 bits per heavy atom. The first kappa shape index (κ1) is 13.6. The molecule has 100 valence electrons. The summed E-state index contributed by atoms with van der Waals surface area (Å²) in [5.41, 5.74) is 1.44. The third-order valence-electron chi connectivity index (χ3n) is 4.12. The van der Waals surface area contributed by atoms with Crippen molar-refractivity contribution in [3.8, 4) is 0 Å². The van der Waals surface area contributed by atoms with E-state index in [1.807, 2.05) is 0 Å². The Hall–Kier alpha value is -0.860. The van der Waals surface area contributed by atoms with Crippen LogP contribution in [0, 0.1) is 0 Å². The summed E-state index contributed by atoms with van der Waals surface area (Å²) in [6, 6.07) is 11.5. The molecule has 0 unspecified atom stereocenters. The van der Waals surface area contributed by atoms with E-state index < -0.39 is 0 Å². The zero-order valence-corrected chi connectivity index (χ0v) is 11.7. The van der Waals surface area contributed by atoms with Crippen LogP contribution in [-0.4, -0.2) is 37.1 Å². The third kappa shape index (κ3) is 3.82. The minimum Gasteiger partial charge on any atom is -0.313 e. The first-order valence-corrected chi connectivity index (χ1v) is 7.30. The Morgan fingerprint density at radius 2 is 1.89 bits per heavy atom. The molecule has 0 aromatic heterocycles. The molecular weight excluding hydrogens is 220 g/mol. The second-order valence-corrected chi connectivity index (χ2v) is 5.43. The van der Waals surface area contributed by atoms with Gasteiger partial charge in [-0.25, -0.2) is 0 Å². The second-order valence-electron chi connectivity index (χ2n) is 5.43. The molecule has 0 saturated carbocycles. The summed E-state index contributed by atoms with van der Waals surface area (Å²) < 4.78 is 0. The van der Waals surface area contributed by atoms with Gasteiger partial charge in [-0.05, 0) is 44.0 Å². The fraction of sp³-hybridized carbons (Fsp3) is 0.625. The fourth-order valence-electron chi connectivity index (χ4n) is 2.70. The first-order chi connectivity index (χ1) is 8.79. The molecule has 0 amide bonds. The topological polar surface area (TPSA) is 15.3 Å². The quantitative estimate of drug-likeness (QED) is 0.859. The van der Waals surface area contributed by atoms with Gasteiger partial charge in [-0.2, -0.15) is 0 Å². The molecule has 1 aliphatic heterocycles. The summed E-state index contributed by atoms with van der Waals surface area (Å²) in [5, 5.41) is 3.74. The average Bonchev–Trinajstić information content (AvgIpc) is 2.46. The number of nitrogens with zero attached hydrogens (tertiary/aromatic N) is 1. The number of hydrogen-bond donors (Lipinski definition) is 1. The highest BCUT2D eigenvalue weighted by Crippen LogP contribution is 2.15. The fourth-order valence-corrected chi connectivity index (χ4v) is 2.70. The molecule has 1 saturated heterocycles. The van der Waals surface area contributed by atoms with Crippen LogP contribution in [0.1, 0.15) is 38.2 Å². The predicted octanol–water partition coefficient (Wildman–Crippen LogP) is 2.86. The van der Waals surface area contributed by atoms with E-state index in [0.29, 0.717) is 5.92 Å². The minimum absolute atomic E-state index is 0.607. The van der Waals surface area contributed by atoms with E-state index in [9.17, 15) is 0 Å². The predicted molar refractivity (Wildman–Crippen MR) is 78.0 cm³/mol. The largest absolute Gasteiger partial charge is 0.313 e. The molecule has 0 radical (unpaired) electrons. The van der Waals surface area contributed by atoms with Crippen molar-refractivity contribution in [3.05, 3.63) is 35.9 Å². The van der Waals surface area contributed by atoms with E-state index in [-0.39, 0.29) is 0 Å². The molecule has 2 rings (SSSR count). The maximum atomic E-state index is 3.74. The summed E-state index contributed by atoms with van der Waals surface area (Å²) in [6.45, 7) is 9.38. The highest BCUT2D eigenvalue weighted by Gasteiger charge is 2.18. The van der Waals surface area contributed by atoms with Crippen molar-refractivity contribution < 1.29 is 0 Å². The van der Waals surface area contributed by atoms with Crippen LogP contribution >= 0.6 is 0 Å². The van der Waals surface area contributed by atoms with Crippen LogP contribution in [0.25, 0.3) is 0 Å². The van der Waals surface area contributed by atoms with Crippen molar-refractivity contribution in [2.75, 3.05) is 26.2 Å². The monoisotopic (exact) mass is 246 g/mol. The average molecular weight is 246 g/mol. The van der Waals surface area contributed by atoms with Crippen LogP contribution in [0.5, 0.6) is 0 Å². The molecule has 1 aromatic carbocycles. The summed E-state index contributed by atoms with van der Waals surface area (Å²) in [6.07, 6.45) is 2.60. The molecule has 1 N–H and O–H groups in total. The summed E-state index contributed by atoms with van der Waals surface area (Å²) in [4.78, 5) is 2.54. The van der Waals surface area contributed by atoms with Crippen molar-refractivity contribution >= 4 is 0 Å². The lowest BCUT2D eigenvalue weighted by Gasteiger charge is -2.32. The van der Waals surface area contributed by atoms with Crippen LogP contribution < -0.4 is 5.32 Å². The molecule has 1 aliphatic rings. The van der Waals surface area contributed by atoms with Crippen molar-refractivity contribution in [2.24, 2.45) is 0 Å². The number of rotatable bonds is 5. The number of nitrogens with one attached hydrogen (secondary N) is 1. The maximum absolute atomic E-state index is 3.74. The summed E-state index contributed by atoms with van der Waals surface area (Å²) in [7, 11) is 0. The lowest BCUT2D eigenvalue weighted by molar-refractivity contribution is 0.205. The molecule has 2 nitrogen and oxygen atoms in total. The number of hydrogen-bond acceptors (Lipinski definition) is 2. The molecule has 0 spiro atoms. The molecule has 1 fully saturated rings. The Bertz CT molecular complexity index is 328. The van der Waals surface area contributed by atoms with Gasteiger partial charge in [-0.3, -0.25) is 0 Å². The molecule has 0 aliphatic carbocycles. The molecule has 18 heavy (non-hydrogen) atoms. The Labute approximate surface area is 111 Å². The van der Waals surface area contributed by atoms with Gasteiger partial charge in [0.15, 0.2) is 0 Å². The standard InChI is InChI=1S/C16H26N2/c1-3-18-11-9-16(10-12-18)17-13-14(2)15-7-5-4-6-8-15/h4-8,14,16-17H,3,9-13H2,1-2H3/t14-/m1/s1. The lowest BCUT2D eigenvalue weighted by atomic mass is 9.99. The van der Waals surface area contributed by atoms with Crippen molar-refractivity contribution in [3.63, 3.8) is 0 Å². The van der Waals surface area contributed by atoms with Crippen molar-refractivity contribution in [1.29, 1.82) is 0 Å². The van der Waals surface area contributed by atoms with Crippen LogP contribution in [0.15, 0.2) is 30.3 Å². The van der Waals surface area contributed by atoms with Crippen LogP contribution in [0.3, 0.4) is 0 Å². The van der Waals surface area contributed by atoms with Gasteiger partial charge in [0.2, 0.25) is 0 Å². The van der Waals surface area contributed by atoms with Gasteiger partial charge in [0.25, 0.3) is 0 Å². The smallest absolute Gasteiger partial charge is 0.00916 e. The highest BCUT2D eigenvalue weighted by molar-refractivity contribution is 5.19. The van der Waals surface area contributed by atoms with E-state index in [0.717, 1.165) is 12.6 Å². The third-order valence-corrected chi connectivity index (χ3v) is 4.12. The van der Waals surface area contributed by atoms with Crippen molar-refractivity contribution in [1.82, 2.24) is 10.2 Å². The van der Waals surface area contributed by atoms with Gasteiger partial charge in [-0.1, -0.05) is 44.2 Å². The SMILES string of the molecule is CCN1CCC(NC[C@@H](C)c2ccccc2)CC1. The zero-order valence-electron chi connectivity index (χ0n) is 11.7. The van der Waals surface area contributed by atoms with E-state index in [1.54, 1.807) is 0 Å². The van der Waals surface area contributed by atoms with Crippen LogP contribution in [0.4, 0.5) is 0 Å². The van der Waals surface area contributed by atoms with Crippen molar-refractivity contribution in [2.45, 2.75) is 38.6 Å². The maximum Gasteiger partial charge on any atom is 0.00916 e. The Morgan fingerprint density at radius 3 is 2.50 bits per heavy atom. The van der Waals surface area contributed by atoms with Crippen LogP contribution in [0.2, 0.25) is 0 Å². The lowest BCUT2D eigenvalue weighted by Crippen LogP contribution is -2.43. The summed E-state index contributed by atoms with van der Waals surface area (Å²) >= 11 is 0. The number of piperidine rings is 1. The normalized spacial score (nSPS) is 19.9. The van der Waals surface area contributed by atoms with Gasteiger partial charge < -0.3 is 10.2 Å². The first-order valence-electron chi connectivity index (χ1n) is 7.30. The van der Waals surface area contributed by atoms with E-state index >= 15 is 0 Å². The van der Waals surface area contributed by atoms with Gasteiger partial charge in [0.05, 0.1) is 0 Å². The van der Waals surface area contributed by atoms with Gasteiger partial charge in [0, 0.05) is 12.6 Å². The molecule has 1 aromatic rings. The zero-order chi connectivity index (χ0) is 12.8. The van der Waals surface area contributed by atoms with E-state index in [1.165, 1.54) is 38.0 Å². The Balaban J connectivity index is 1.72. The molecule has 1 atom stereocenters. The molecular formula is C16H26N2. The van der Waals surface area contributed by atoms with E-state index in [4.69, 9.17) is 0 Å². The number of benzene rings is 1. The van der Waals surface area contributed by atoms with Gasteiger partial charge in [0.1, 0.15) is 0 Å². The highest BCUT2D eigenvalue weighted by atomic mass is 15.1. The summed E-state index contributed by atoms with van der Waals surface area (Å²) in [5.74, 6) is 0.607. The molecule has 2 heteroatoms. The number of likely N-dealkylation sites (tertiary alicyclic amines) is 1. The van der Waals surface area contributed by atoms with Gasteiger partial charge in [-0.15, -0.1) is 0 Å². The molecule has 0 bridgehead atoms. The Kier molecular flexibility index (Phi) is 5.21. The molecule has 1 heterocycles.